The smallest absolute Gasteiger partial charge is 0.384 e. The summed E-state index contributed by atoms with van der Waals surface area (Å²) in [6.45, 7) is 0.419. The van der Waals surface area contributed by atoms with Gasteiger partial charge in [0.1, 0.15) is 12.4 Å². The molecule has 2 N–H and O–H groups in total. The SMILES string of the molecule is Cc1cc(N)nc(COC(C(F)(F)F)C(F)(F)F)n1. The number of ether oxygens (including phenoxy) is 1. The van der Waals surface area contributed by atoms with Crippen LogP contribution in [-0.4, -0.2) is 28.4 Å². The number of aromatic nitrogens is 2. The van der Waals surface area contributed by atoms with Crippen LogP contribution in [0.4, 0.5) is 32.2 Å². The highest BCUT2D eigenvalue weighted by atomic mass is 19.4. The monoisotopic (exact) mass is 289 g/mol. The number of halogens is 6. The van der Waals surface area contributed by atoms with E-state index in [0.29, 0.717) is 5.69 Å². The van der Waals surface area contributed by atoms with E-state index >= 15 is 0 Å². The van der Waals surface area contributed by atoms with Crippen molar-refractivity contribution in [2.75, 3.05) is 5.73 Å². The molecule has 1 rings (SSSR count). The van der Waals surface area contributed by atoms with Crippen molar-refractivity contribution in [2.45, 2.75) is 32.0 Å². The van der Waals surface area contributed by atoms with E-state index < -0.39 is 25.1 Å². The molecular weight excluding hydrogens is 280 g/mol. The van der Waals surface area contributed by atoms with Crippen LogP contribution in [0.3, 0.4) is 0 Å². The van der Waals surface area contributed by atoms with E-state index in [1.807, 2.05) is 0 Å². The van der Waals surface area contributed by atoms with Crippen LogP contribution < -0.4 is 5.73 Å². The minimum atomic E-state index is -5.56. The fourth-order valence-electron chi connectivity index (χ4n) is 1.25. The summed E-state index contributed by atoms with van der Waals surface area (Å²) in [6, 6.07) is 1.31. The second kappa shape index (κ2) is 5.19. The lowest BCUT2D eigenvalue weighted by Gasteiger charge is -2.22. The van der Waals surface area contributed by atoms with Gasteiger partial charge in [0.05, 0.1) is 0 Å². The van der Waals surface area contributed by atoms with Crippen molar-refractivity contribution in [3.8, 4) is 0 Å². The Bertz CT molecular complexity index is 410. The molecular formula is C9H9F6N3O. The number of alkyl halides is 6. The predicted octanol–water partition coefficient (Wildman–Crippen LogP) is 2.38. The molecule has 0 radical (unpaired) electrons. The van der Waals surface area contributed by atoms with Crippen LogP contribution in [0, 0.1) is 6.92 Å². The molecule has 0 saturated carbocycles. The molecule has 1 heterocycles. The largest absolute Gasteiger partial charge is 0.423 e. The Kier molecular flexibility index (Phi) is 4.23. The lowest BCUT2D eigenvalue weighted by molar-refractivity contribution is -0.324. The van der Waals surface area contributed by atoms with Gasteiger partial charge in [-0.15, -0.1) is 0 Å². The summed E-state index contributed by atoms with van der Waals surface area (Å²) >= 11 is 0. The van der Waals surface area contributed by atoms with Gasteiger partial charge in [-0.1, -0.05) is 0 Å². The van der Waals surface area contributed by atoms with Crippen LogP contribution in [0.5, 0.6) is 0 Å². The van der Waals surface area contributed by atoms with E-state index in [1.54, 1.807) is 0 Å². The Hall–Kier alpha value is -1.58. The van der Waals surface area contributed by atoms with Crippen molar-refractivity contribution < 1.29 is 31.1 Å². The second-order valence-electron chi connectivity index (χ2n) is 3.62. The molecule has 0 atom stereocenters. The number of anilines is 1. The zero-order valence-corrected chi connectivity index (χ0v) is 9.51. The molecule has 0 aliphatic rings. The van der Waals surface area contributed by atoms with E-state index in [0.717, 1.165) is 0 Å². The van der Waals surface area contributed by atoms with Gasteiger partial charge >= 0.3 is 12.4 Å². The molecule has 0 amide bonds. The molecule has 0 saturated heterocycles. The molecule has 0 fully saturated rings. The molecule has 0 aliphatic heterocycles. The molecule has 0 spiro atoms. The zero-order valence-electron chi connectivity index (χ0n) is 9.51. The summed E-state index contributed by atoms with van der Waals surface area (Å²) in [5, 5.41) is 0. The molecule has 0 aliphatic carbocycles. The maximum atomic E-state index is 12.2. The first-order valence-electron chi connectivity index (χ1n) is 4.85. The maximum absolute atomic E-state index is 12.2. The topological polar surface area (TPSA) is 61.0 Å². The van der Waals surface area contributed by atoms with Crippen molar-refractivity contribution in [3.05, 3.63) is 17.6 Å². The lowest BCUT2D eigenvalue weighted by Crippen LogP contribution is -2.44. The maximum Gasteiger partial charge on any atom is 0.423 e. The fraction of sp³-hybridized carbons (Fsp3) is 0.556. The van der Waals surface area contributed by atoms with Crippen LogP contribution in [0.1, 0.15) is 11.5 Å². The van der Waals surface area contributed by atoms with Crippen molar-refractivity contribution >= 4 is 5.82 Å². The van der Waals surface area contributed by atoms with Crippen LogP contribution in [-0.2, 0) is 11.3 Å². The average molecular weight is 289 g/mol. The highest BCUT2D eigenvalue weighted by Crippen LogP contribution is 2.35. The normalized spacial score (nSPS) is 13.1. The Balaban J connectivity index is 2.83. The summed E-state index contributed by atoms with van der Waals surface area (Å²) in [6.07, 6.45) is -15.0. The van der Waals surface area contributed by atoms with Crippen LogP contribution in [0.15, 0.2) is 6.07 Å². The highest BCUT2D eigenvalue weighted by molar-refractivity contribution is 5.28. The van der Waals surface area contributed by atoms with Crippen LogP contribution in [0.25, 0.3) is 0 Å². The Morgan fingerprint density at radius 3 is 2.11 bits per heavy atom. The minimum Gasteiger partial charge on any atom is -0.384 e. The van der Waals surface area contributed by atoms with Gasteiger partial charge in [0.25, 0.3) is 0 Å². The van der Waals surface area contributed by atoms with Gasteiger partial charge in [0.15, 0.2) is 5.82 Å². The van der Waals surface area contributed by atoms with Gasteiger partial charge in [-0.2, -0.15) is 26.3 Å². The zero-order chi connectivity index (χ0) is 14.8. The third-order valence-corrected chi connectivity index (χ3v) is 1.89. The lowest BCUT2D eigenvalue weighted by atomic mass is 10.3. The van der Waals surface area contributed by atoms with Gasteiger partial charge in [-0.25, -0.2) is 9.97 Å². The third kappa shape index (κ3) is 4.54. The molecule has 0 aromatic carbocycles. The van der Waals surface area contributed by atoms with E-state index in [9.17, 15) is 26.3 Å². The van der Waals surface area contributed by atoms with Crippen molar-refractivity contribution in [3.63, 3.8) is 0 Å². The fourth-order valence-corrected chi connectivity index (χ4v) is 1.25. The van der Waals surface area contributed by atoms with Gasteiger partial charge in [-0.05, 0) is 6.92 Å². The van der Waals surface area contributed by atoms with Gasteiger partial charge in [-0.3, -0.25) is 0 Å². The standard InChI is InChI=1S/C9H9F6N3O/c1-4-2-5(16)18-6(17-4)3-19-7(8(10,11)12)9(13,14)15/h2,7H,3H2,1H3,(H2,16,17,18). The summed E-state index contributed by atoms with van der Waals surface area (Å²) < 4.78 is 76.8. The first-order valence-corrected chi connectivity index (χ1v) is 4.85. The van der Waals surface area contributed by atoms with Gasteiger partial charge < -0.3 is 10.5 Å². The quantitative estimate of drug-likeness (QED) is 0.868. The minimum absolute atomic E-state index is 0.0679. The van der Waals surface area contributed by atoms with Crippen LogP contribution in [0.2, 0.25) is 0 Å². The number of nitrogen functional groups attached to an aromatic ring is 1. The number of nitrogens with zero attached hydrogens (tertiary/aromatic N) is 2. The third-order valence-electron chi connectivity index (χ3n) is 1.89. The molecule has 19 heavy (non-hydrogen) atoms. The number of rotatable bonds is 3. The summed E-state index contributed by atoms with van der Waals surface area (Å²) in [7, 11) is 0. The van der Waals surface area contributed by atoms with E-state index in [4.69, 9.17) is 5.73 Å². The molecule has 0 unspecified atom stereocenters. The molecule has 1 aromatic heterocycles. The Morgan fingerprint density at radius 1 is 1.16 bits per heavy atom. The molecule has 4 nitrogen and oxygen atoms in total. The number of hydrogen-bond acceptors (Lipinski definition) is 4. The molecule has 108 valence electrons. The van der Waals surface area contributed by atoms with E-state index in [2.05, 4.69) is 14.7 Å². The number of hydrogen-bond donors (Lipinski definition) is 1. The molecule has 10 heteroatoms. The van der Waals surface area contributed by atoms with Crippen molar-refractivity contribution in [1.29, 1.82) is 0 Å². The Labute approximate surface area is 103 Å². The van der Waals surface area contributed by atoms with E-state index in [-0.39, 0.29) is 11.6 Å². The first kappa shape index (κ1) is 15.5. The highest BCUT2D eigenvalue weighted by Gasteiger charge is 2.58. The molecule has 0 bridgehead atoms. The van der Waals surface area contributed by atoms with Crippen LogP contribution >= 0.6 is 0 Å². The van der Waals surface area contributed by atoms with Gasteiger partial charge in [0.2, 0.25) is 6.10 Å². The van der Waals surface area contributed by atoms with Gasteiger partial charge in [0, 0.05) is 11.8 Å². The first-order chi connectivity index (χ1) is 8.50. The van der Waals surface area contributed by atoms with E-state index in [1.165, 1.54) is 13.0 Å². The van der Waals surface area contributed by atoms with Crippen molar-refractivity contribution in [1.82, 2.24) is 9.97 Å². The Morgan fingerprint density at radius 2 is 1.68 bits per heavy atom. The predicted molar refractivity (Wildman–Crippen MR) is 51.9 cm³/mol. The summed E-state index contributed by atoms with van der Waals surface area (Å²) in [4.78, 5) is 7.10. The average Bonchev–Trinajstić information content (AvgIpc) is 2.11. The summed E-state index contributed by atoms with van der Waals surface area (Å²) in [5.41, 5.74) is 5.59. The number of nitrogens with two attached hydrogens (primary N) is 1. The molecule has 1 aromatic rings. The number of aryl methyl sites for hydroxylation is 1. The van der Waals surface area contributed by atoms with Crippen molar-refractivity contribution in [2.24, 2.45) is 0 Å². The summed E-state index contributed by atoms with van der Waals surface area (Å²) in [5.74, 6) is -0.419. The second-order valence-corrected chi connectivity index (χ2v) is 3.62.